The number of ether oxygens (including phenoxy) is 1. The van der Waals surface area contributed by atoms with Gasteiger partial charge in [-0.1, -0.05) is 13.0 Å². The molecule has 3 amide bonds. The van der Waals surface area contributed by atoms with Crippen molar-refractivity contribution in [3.05, 3.63) is 71.1 Å². The summed E-state index contributed by atoms with van der Waals surface area (Å²) < 4.78 is 73.0. The lowest BCUT2D eigenvalue weighted by Gasteiger charge is -2.38. The van der Waals surface area contributed by atoms with Crippen molar-refractivity contribution in [1.29, 1.82) is 0 Å². The van der Waals surface area contributed by atoms with Crippen molar-refractivity contribution in [3.8, 4) is 5.75 Å². The van der Waals surface area contributed by atoms with E-state index in [4.69, 9.17) is 4.74 Å². The summed E-state index contributed by atoms with van der Waals surface area (Å²) >= 11 is 1.04. The van der Waals surface area contributed by atoms with Crippen molar-refractivity contribution in [2.45, 2.75) is 36.4 Å². The minimum atomic E-state index is -4.50. The van der Waals surface area contributed by atoms with Crippen molar-refractivity contribution in [2.24, 2.45) is 5.92 Å². The summed E-state index contributed by atoms with van der Waals surface area (Å²) in [5, 5.41) is 14.0. The second-order valence-electron chi connectivity index (χ2n) is 10.3. The number of hydrogen-bond acceptors (Lipinski definition) is 7. The summed E-state index contributed by atoms with van der Waals surface area (Å²) in [5.74, 6) is -0.635. The highest BCUT2D eigenvalue weighted by Crippen LogP contribution is 2.32. The van der Waals surface area contributed by atoms with Crippen molar-refractivity contribution in [1.82, 2.24) is 9.80 Å². The van der Waals surface area contributed by atoms with Crippen molar-refractivity contribution >= 4 is 44.7 Å². The van der Waals surface area contributed by atoms with Gasteiger partial charge in [0, 0.05) is 30.9 Å². The van der Waals surface area contributed by atoms with E-state index in [9.17, 15) is 36.3 Å². The lowest BCUT2D eigenvalue weighted by atomic mass is 9.99. The summed E-state index contributed by atoms with van der Waals surface area (Å²) in [6, 6.07) is 10.2. The maximum absolute atomic E-state index is 13.6. The number of amides is 3. The molecule has 3 atom stereocenters. The van der Waals surface area contributed by atoms with Crippen LogP contribution in [0.3, 0.4) is 0 Å². The highest BCUT2D eigenvalue weighted by molar-refractivity contribution is 7.94. The second kappa shape index (κ2) is 12.8. The third-order valence-corrected chi connectivity index (χ3v) is 9.72. The first kappa shape index (κ1) is 32.1. The van der Waals surface area contributed by atoms with Crippen molar-refractivity contribution < 1.29 is 41.0 Å². The van der Waals surface area contributed by atoms with Gasteiger partial charge in [-0.25, -0.2) is 13.2 Å². The quantitative estimate of drug-likeness (QED) is 0.320. The number of anilines is 2. The zero-order valence-electron chi connectivity index (χ0n) is 23.5. The zero-order chi connectivity index (χ0) is 31.5. The molecule has 43 heavy (non-hydrogen) atoms. The van der Waals surface area contributed by atoms with Gasteiger partial charge in [0.05, 0.1) is 30.3 Å². The van der Waals surface area contributed by atoms with Crippen LogP contribution in [0, 0.1) is 5.92 Å². The molecular formula is C28H31F3N4O6S2. The van der Waals surface area contributed by atoms with Gasteiger partial charge in [-0.2, -0.15) is 13.2 Å². The van der Waals surface area contributed by atoms with Gasteiger partial charge in [0.25, 0.3) is 15.9 Å². The fourth-order valence-electron chi connectivity index (χ4n) is 4.44. The Kier molecular flexibility index (Phi) is 9.57. The number of alkyl halides is 3. The van der Waals surface area contributed by atoms with Gasteiger partial charge in [0.1, 0.15) is 16.1 Å². The molecule has 1 aliphatic rings. The number of carbonyl (C=O) groups excluding carboxylic acids is 2. The maximum Gasteiger partial charge on any atom is 0.416 e. The van der Waals surface area contributed by atoms with E-state index in [0.717, 1.165) is 35.6 Å². The number of carbonyl (C=O) groups is 2. The van der Waals surface area contributed by atoms with Gasteiger partial charge < -0.3 is 25.0 Å². The summed E-state index contributed by atoms with van der Waals surface area (Å²) in [6.45, 7) is 3.37. The summed E-state index contributed by atoms with van der Waals surface area (Å²) in [6.07, 6.45) is -5.16. The Morgan fingerprint density at radius 1 is 1.19 bits per heavy atom. The SMILES string of the molecule is C[C@H]1CN([C@@H](C)CO)C(=O)c2cc(NS(=O)(=O)c3cccs3)ccc2O[C@H]1CN(C)C(=O)Nc1ccc(C(F)(F)F)cc1. The maximum atomic E-state index is 13.6. The number of halogens is 3. The summed E-state index contributed by atoms with van der Waals surface area (Å²) in [5.41, 5.74) is -0.458. The molecule has 15 heteroatoms. The first-order chi connectivity index (χ1) is 20.2. The van der Waals surface area contributed by atoms with E-state index in [1.807, 2.05) is 6.92 Å². The number of benzene rings is 2. The Hall–Kier alpha value is -3.82. The normalized spacial score (nSPS) is 18.1. The number of thiophene rings is 1. The Bertz CT molecular complexity index is 1550. The first-order valence-corrected chi connectivity index (χ1v) is 15.5. The number of urea groups is 1. The number of nitrogens with zero attached hydrogens (tertiary/aromatic N) is 2. The van der Waals surface area contributed by atoms with E-state index < -0.39 is 45.8 Å². The number of sulfonamides is 1. The standard InChI is InChI=1S/C28H31F3N4O6S2/c1-17-14-35(18(2)16-36)26(37)22-13-21(33-43(39,40)25-5-4-12-42-25)10-11-23(22)41-24(17)15-34(3)27(38)32-20-8-6-19(7-9-20)28(29,30)31/h4-13,17-18,24,33,36H,14-16H2,1-3H3,(H,32,38)/t17-,18-,24-/m0/s1. The lowest BCUT2D eigenvalue weighted by molar-refractivity contribution is -0.137. The average molecular weight is 641 g/mol. The van der Waals surface area contributed by atoms with Crippen LogP contribution in [0.5, 0.6) is 5.75 Å². The van der Waals surface area contributed by atoms with Gasteiger partial charge >= 0.3 is 12.2 Å². The predicted octanol–water partition coefficient (Wildman–Crippen LogP) is 4.95. The van der Waals surface area contributed by atoms with E-state index >= 15 is 0 Å². The van der Waals surface area contributed by atoms with Crippen LogP contribution in [0.4, 0.5) is 29.3 Å². The molecule has 0 unspecified atom stereocenters. The van der Waals surface area contributed by atoms with Crippen LogP contribution in [-0.4, -0.2) is 74.2 Å². The van der Waals surface area contributed by atoms with Crippen LogP contribution in [0.15, 0.2) is 64.2 Å². The van der Waals surface area contributed by atoms with Crippen LogP contribution >= 0.6 is 11.3 Å². The Morgan fingerprint density at radius 2 is 1.86 bits per heavy atom. The lowest BCUT2D eigenvalue weighted by Crippen LogP contribution is -2.50. The molecular weight excluding hydrogens is 609 g/mol. The van der Waals surface area contributed by atoms with Gasteiger partial charge in [0.15, 0.2) is 0 Å². The number of fused-ring (bicyclic) bond motifs is 1. The molecule has 0 saturated carbocycles. The van der Waals surface area contributed by atoms with E-state index in [1.165, 1.54) is 41.1 Å². The molecule has 10 nitrogen and oxygen atoms in total. The fourth-order valence-corrected chi connectivity index (χ4v) is 6.48. The number of aliphatic hydroxyl groups excluding tert-OH is 1. The predicted molar refractivity (Wildman–Crippen MR) is 156 cm³/mol. The van der Waals surface area contributed by atoms with E-state index in [2.05, 4.69) is 10.0 Å². The highest BCUT2D eigenvalue weighted by atomic mass is 32.2. The molecule has 2 heterocycles. The molecule has 0 saturated heterocycles. The Labute approximate surface area is 251 Å². The third kappa shape index (κ3) is 7.58. The van der Waals surface area contributed by atoms with Crippen molar-refractivity contribution in [2.75, 3.05) is 36.8 Å². The smallest absolute Gasteiger partial charge is 0.416 e. The molecule has 0 spiro atoms. The minimum Gasteiger partial charge on any atom is -0.487 e. The van der Waals surface area contributed by atoms with Gasteiger partial charge in [0.2, 0.25) is 0 Å². The Morgan fingerprint density at radius 3 is 2.47 bits per heavy atom. The number of likely N-dealkylation sites (N-methyl/N-ethyl adjacent to an activating group) is 1. The highest BCUT2D eigenvalue weighted by Gasteiger charge is 2.35. The van der Waals surface area contributed by atoms with Gasteiger partial charge in [-0.05, 0) is 60.8 Å². The largest absolute Gasteiger partial charge is 0.487 e. The Balaban J connectivity index is 1.57. The van der Waals surface area contributed by atoms with Crippen molar-refractivity contribution in [3.63, 3.8) is 0 Å². The molecule has 4 rings (SSSR count). The van der Waals surface area contributed by atoms with Crippen LogP contribution in [0.2, 0.25) is 0 Å². The topological polar surface area (TPSA) is 128 Å². The minimum absolute atomic E-state index is 0.0371. The van der Waals surface area contributed by atoms with Crippen LogP contribution in [0.1, 0.15) is 29.8 Å². The molecule has 0 radical (unpaired) electrons. The monoisotopic (exact) mass is 640 g/mol. The second-order valence-corrected chi connectivity index (χ2v) is 13.1. The number of rotatable bonds is 8. The molecule has 1 aliphatic heterocycles. The number of nitrogens with one attached hydrogen (secondary N) is 2. The number of aliphatic hydroxyl groups is 1. The van der Waals surface area contributed by atoms with Crippen LogP contribution in [-0.2, 0) is 16.2 Å². The van der Waals surface area contributed by atoms with Crippen LogP contribution in [0.25, 0.3) is 0 Å². The summed E-state index contributed by atoms with van der Waals surface area (Å²) in [7, 11) is -2.39. The van der Waals surface area contributed by atoms with E-state index in [1.54, 1.807) is 18.4 Å². The first-order valence-electron chi connectivity index (χ1n) is 13.2. The summed E-state index contributed by atoms with van der Waals surface area (Å²) in [4.78, 5) is 29.3. The molecule has 2 aromatic carbocycles. The molecule has 3 aromatic rings. The molecule has 0 aliphatic carbocycles. The molecule has 3 N–H and O–H groups in total. The zero-order valence-corrected chi connectivity index (χ0v) is 25.1. The number of hydrogen-bond donors (Lipinski definition) is 3. The molecule has 0 fully saturated rings. The third-order valence-electron chi connectivity index (χ3n) is 6.94. The van der Waals surface area contributed by atoms with Gasteiger partial charge in [-0.15, -0.1) is 11.3 Å². The molecule has 232 valence electrons. The van der Waals surface area contributed by atoms with Gasteiger partial charge in [-0.3, -0.25) is 9.52 Å². The van der Waals surface area contributed by atoms with Crippen LogP contribution < -0.4 is 14.8 Å². The molecule has 0 bridgehead atoms. The fraction of sp³-hybridized carbons (Fsp3) is 0.357. The molecule has 1 aromatic heterocycles. The van der Waals surface area contributed by atoms with E-state index in [0.29, 0.717) is 0 Å². The van der Waals surface area contributed by atoms with E-state index in [-0.39, 0.29) is 52.5 Å². The average Bonchev–Trinajstić information content (AvgIpc) is 3.51.